The van der Waals surface area contributed by atoms with E-state index in [2.05, 4.69) is 66.8 Å². The van der Waals surface area contributed by atoms with E-state index in [4.69, 9.17) is 0 Å². The quantitative estimate of drug-likeness (QED) is 0.909. The highest BCUT2D eigenvalue weighted by Gasteiger charge is 2.16. The van der Waals surface area contributed by atoms with E-state index in [-0.39, 0.29) is 5.41 Å². The number of hydrogen-bond donors (Lipinski definition) is 1. The maximum atomic E-state index is 4.44. The van der Waals surface area contributed by atoms with E-state index < -0.39 is 0 Å². The molecule has 0 radical (unpaired) electrons. The summed E-state index contributed by atoms with van der Waals surface area (Å²) < 4.78 is 2.09. The van der Waals surface area contributed by atoms with Crippen LogP contribution in [0.25, 0.3) is 0 Å². The molecule has 1 aromatic carbocycles. The minimum atomic E-state index is 0.200. The molecule has 114 valence electrons. The topological polar surface area (TPSA) is 29.9 Å². The molecule has 0 aliphatic rings. The minimum Gasteiger partial charge on any atom is -0.338 e. The fourth-order valence-electron chi connectivity index (χ4n) is 2.55. The maximum absolute atomic E-state index is 4.44. The SMILES string of the molecule is CCNC(Cc1nccn1C)c1ccc(C(C)(C)C)cc1. The summed E-state index contributed by atoms with van der Waals surface area (Å²) in [6, 6.07) is 9.30. The lowest BCUT2D eigenvalue weighted by atomic mass is 9.86. The Morgan fingerprint density at radius 1 is 1.19 bits per heavy atom. The molecule has 0 aliphatic carbocycles. The third-order valence-corrected chi connectivity index (χ3v) is 3.94. The minimum absolute atomic E-state index is 0.200. The zero-order valence-corrected chi connectivity index (χ0v) is 13.9. The van der Waals surface area contributed by atoms with Crippen LogP contribution >= 0.6 is 0 Å². The first-order chi connectivity index (χ1) is 9.91. The number of nitrogens with zero attached hydrogens (tertiary/aromatic N) is 2. The van der Waals surface area contributed by atoms with Crippen molar-refractivity contribution in [2.75, 3.05) is 6.54 Å². The molecule has 0 amide bonds. The van der Waals surface area contributed by atoms with Crippen molar-refractivity contribution in [3.8, 4) is 0 Å². The van der Waals surface area contributed by atoms with Gasteiger partial charge in [-0.3, -0.25) is 0 Å². The van der Waals surface area contributed by atoms with E-state index in [1.165, 1.54) is 11.1 Å². The van der Waals surface area contributed by atoms with Crippen molar-refractivity contribution in [2.45, 2.75) is 45.6 Å². The standard InChI is InChI=1S/C18H27N3/c1-6-19-16(13-17-20-11-12-21(17)5)14-7-9-15(10-8-14)18(2,3)4/h7-12,16,19H,6,13H2,1-5H3. The number of aromatic nitrogens is 2. The second-order valence-corrected chi connectivity index (χ2v) is 6.64. The van der Waals surface area contributed by atoms with Crippen LogP contribution in [0.15, 0.2) is 36.7 Å². The molecule has 1 atom stereocenters. The van der Waals surface area contributed by atoms with Gasteiger partial charge >= 0.3 is 0 Å². The smallest absolute Gasteiger partial charge is 0.110 e. The maximum Gasteiger partial charge on any atom is 0.110 e. The van der Waals surface area contributed by atoms with E-state index in [0.29, 0.717) is 6.04 Å². The molecule has 1 heterocycles. The Hall–Kier alpha value is -1.61. The molecule has 21 heavy (non-hydrogen) atoms. The molecule has 1 aromatic heterocycles. The Morgan fingerprint density at radius 2 is 1.86 bits per heavy atom. The Labute approximate surface area is 128 Å². The lowest BCUT2D eigenvalue weighted by Crippen LogP contribution is -2.24. The molecule has 3 heteroatoms. The van der Waals surface area contributed by atoms with Crippen LogP contribution in [-0.4, -0.2) is 16.1 Å². The first-order valence-electron chi connectivity index (χ1n) is 7.72. The second-order valence-electron chi connectivity index (χ2n) is 6.64. The highest BCUT2D eigenvalue weighted by molar-refractivity contribution is 5.29. The highest BCUT2D eigenvalue weighted by Crippen LogP contribution is 2.25. The molecular weight excluding hydrogens is 258 g/mol. The number of nitrogens with one attached hydrogen (secondary N) is 1. The average molecular weight is 285 g/mol. The molecule has 0 fully saturated rings. The van der Waals surface area contributed by atoms with Crippen molar-refractivity contribution >= 4 is 0 Å². The van der Waals surface area contributed by atoms with Crippen molar-refractivity contribution < 1.29 is 0 Å². The molecule has 0 bridgehead atoms. The van der Waals surface area contributed by atoms with E-state index in [0.717, 1.165) is 18.8 Å². The van der Waals surface area contributed by atoms with Gasteiger partial charge in [-0.25, -0.2) is 4.98 Å². The van der Waals surface area contributed by atoms with Gasteiger partial charge in [-0.1, -0.05) is 52.0 Å². The van der Waals surface area contributed by atoms with E-state index in [1.807, 2.05) is 19.4 Å². The van der Waals surface area contributed by atoms with E-state index in [1.54, 1.807) is 0 Å². The molecule has 0 aliphatic heterocycles. The van der Waals surface area contributed by atoms with E-state index in [9.17, 15) is 0 Å². The van der Waals surface area contributed by atoms with Gasteiger partial charge in [0.15, 0.2) is 0 Å². The normalized spacial score (nSPS) is 13.4. The van der Waals surface area contributed by atoms with Gasteiger partial charge in [-0.05, 0) is 23.1 Å². The molecule has 3 nitrogen and oxygen atoms in total. The van der Waals surface area contributed by atoms with Gasteiger partial charge < -0.3 is 9.88 Å². The summed E-state index contributed by atoms with van der Waals surface area (Å²) in [4.78, 5) is 4.44. The highest BCUT2D eigenvalue weighted by atomic mass is 15.0. The van der Waals surface area contributed by atoms with Gasteiger partial charge in [0.25, 0.3) is 0 Å². The van der Waals surface area contributed by atoms with Gasteiger partial charge in [-0.2, -0.15) is 0 Å². The van der Waals surface area contributed by atoms with Gasteiger partial charge in [0.05, 0.1) is 0 Å². The Balaban J connectivity index is 2.20. The number of rotatable bonds is 5. The van der Waals surface area contributed by atoms with Crippen LogP contribution in [0.4, 0.5) is 0 Å². The van der Waals surface area contributed by atoms with Crippen LogP contribution in [-0.2, 0) is 18.9 Å². The van der Waals surface area contributed by atoms with Crippen molar-refractivity contribution in [3.63, 3.8) is 0 Å². The fourth-order valence-corrected chi connectivity index (χ4v) is 2.55. The molecule has 0 saturated heterocycles. The zero-order valence-electron chi connectivity index (χ0n) is 13.9. The third kappa shape index (κ3) is 3.94. The van der Waals surface area contributed by atoms with Crippen molar-refractivity contribution in [2.24, 2.45) is 7.05 Å². The van der Waals surface area contributed by atoms with Crippen LogP contribution in [0, 0.1) is 0 Å². The molecular formula is C18H27N3. The molecule has 2 rings (SSSR count). The predicted molar refractivity (Wildman–Crippen MR) is 88.5 cm³/mol. The predicted octanol–water partition coefficient (Wildman–Crippen LogP) is 3.61. The third-order valence-electron chi connectivity index (χ3n) is 3.94. The summed E-state index contributed by atoms with van der Waals surface area (Å²) >= 11 is 0. The van der Waals surface area contributed by atoms with Gasteiger partial charge in [-0.15, -0.1) is 0 Å². The van der Waals surface area contributed by atoms with Crippen molar-refractivity contribution in [3.05, 3.63) is 53.6 Å². The summed E-state index contributed by atoms with van der Waals surface area (Å²) in [7, 11) is 2.05. The van der Waals surface area contributed by atoms with Crippen LogP contribution in [0.3, 0.4) is 0 Å². The first kappa shape index (κ1) is 15.8. The molecule has 1 N–H and O–H groups in total. The second kappa shape index (κ2) is 6.44. The van der Waals surface area contributed by atoms with Crippen LogP contribution in [0.5, 0.6) is 0 Å². The van der Waals surface area contributed by atoms with Crippen molar-refractivity contribution in [1.29, 1.82) is 0 Å². The van der Waals surface area contributed by atoms with E-state index >= 15 is 0 Å². The largest absolute Gasteiger partial charge is 0.338 e. The lowest BCUT2D eigenvalue weighted by molar-refractivity contribution is 0.527. The van der Waals surface area contributed by atoms with Gasteiger partial charge in [0, 0.05) is 31.9 Å². The summed E-state index contributed by atoms with van der Waals surface area (Å²) in [5, 5.41) is 3.57. The van der Waals surface area contributed by atoms with Gasteiger partial charge in [0.1, 0.15) is 5.82 Å². The van der Waals surface area contributed by atoms with Gasteiger partial charge in [0.2, 0.25) is 0 Å². The molecule has 0 spiro atoms. The number of imidazole rings is 1. The number of aryl methyl sites for hydroxylation is 1. The summed E-state index contributed by atoms with van der Waals surface area (Å²) in [5.41, 5.74) is 2.90. The van der Waals surface area contributed by atoms with Crippen molar-refractivity contribution in [1.82, 2.24) is 14.9 Å². The van der Waals surface area contributed by atoms with Crippen LogP contribution in [0.1, 0.15) is 50.7 Å². The Bertz CT molecular complexity index is 561. The van der Waals surface area contributed by atoms with Crippen LogP contribution < -0.4 is 5.32 Å². The first-order valence-corrected chi connectivity index (χ1v) is 7.72. The summed E-state index contributed by atoms with van der Waals surface area (Å²) in [6.07, 6.45) is 4.77. The average Bonchev–Trinajstić information content (AvgIpc) is 2.83. The lowest BCUT2D eigenvalue weighted by Gasteiger charge is -2.22. The number of likely N-dealkylation sites (N-methyl/N-ethyl adjacent to an activating group) is 1. The fraction of sp³-hybridized carbons (Fsp3) is 0.500. The molecule has 0 saturated carbocycles. The molecule has 1 unspecified atom stereocenters. The number of hydrogen-bond acceptors (Lipinski definition) is 2. The summed E-state index contributed by atoms with van der Waals surface area (Å²) in [6.45, 7) is 9.85. The monoisotopic (exact) mass is 285 g/mol. The Kier molecular flexibility index (Phi) is 4.84. The molecule has 2 aromatic rings. The Morgan fingerprint density at radius 3 is 2.33 bits per heavy atom. The number of benzene rings is 1. The summed E-state index contributed by atoms with van der Waals surface area (Å²) in [5.74, 6) is 1.11. The van der Waals surface area contributed by atoms with Crippen LogP contribution in [0.2, 0.25) is 0 Å². The zero-order chi connectivity index (χ0) is 15.5.